The summed E-state index contributed by atoms with van der Waals surface area (Å²) in [5.74, 6) is 0.0992. The Morgan fingerprint density at radius 1 is 1.42 bits per heavy atom. The lowest BCUT2D eigenvalue weighted by Crippen LogP contribution is -2.25. The van der Waals surface area contributed by atoms with Crippen LogP contribution in [0, 0.1) is 6.92 Å². The van der Waals surface area contributed by atoms with Gasteiger partial charge in [0.1, 0.15) is 0 Å². The molecule has 1 aliphatic heterocycles. The number of aromatic nitrogens is 3. The van der Waals surface area contributed by atoms with Gasteiger partial charge in [-0.25, -0.2) is 15.0 Å². The molecule has 26 heavy (non-hydrogen) atoms. The monoisotopic (exact) mass is 356 g/mol. The van der Waals surface area contributed by atoms with Crippen LogP contribution in [0.5, 0.6) is 5.88 Å². The lowest BCUT2D eigenvalue weighted by molar-refractivity contribution is 0.0786. The molecule has 0 saturated carbocycles. The van der Waals surface area contributed by atoms with Gasteiger partial charge in [-0.2, -0.15) is 0 Å². The Hall–Kier alpha value is -3.23. The number of nitrogens with zero attached hydrogens (tertiary/aromatic N) is 4. The second-order valence-corrected chi connectivity index (χ2v) is 5.88. The Labute approximate surface area is 150 Å². The van der Waals surface area contributed by atoms with Gasteiger partial charge in [0, 0.05) is 24.8 Å². The number of methoxy groups -OCH3 is 1. The largest absolute Gasteiger partial charge is 0.481 e. The molecule has 2 aromatic rings. The summed E-state index contributed by atoms with van der Waals surface area (Å²) in [4.78, 5) is 38.7. The highest BCUT2D eigenvalue weighted by atomic mass is 16.5. The van der Waals surface area contributed by atoms with Gasteiger partial charge in [-0.15, -0.1) is 0 Å². The zero-order chi connectivity index (χ0) is 18.8. The third kappa shape index (κ3) is 3.15. The quantitative estimate of drug-likeness (QED) is 0.807. The molecule has 9 nitrogen and oxygen atoms in total. The van der Waals surface area contributed by atoms with E-state index in [0.717, 1.165) is 0 Å². The van der Waals surface area contributed by atoms with Gasteiger partial charge < -0.3 is 20.7 Å². The van der Waals surface area contributed by atoms with E-state index in [9.17, 15) is 9.59 Å². The van der Waals surface area contributed by atoms with E-state index in [-0.39, 0.29) is 24.3 Å². The molecule has 0 radical (unpaired) electrons. The molecule has 0 aliphatic carbocycles. The van der Waals surface area contributed by atoms with Gasteiger partial charge in [0.25, 0.3) is 11.8 Å². The maximum absolute atomic E-state index is 12.4. The first-order valence-corrected chi connectivity index (χ1v) is 8.18. The van der Waals surface area contributed by atoms with Crippen LogP contribution in [0.2, 0.25) is 0 Å². The molecular weight excluding hydrogens is 336 g/mol. The lowest BCUT2D eigenvalue weighted by Gasteiger charge is -2.11. The molecule has 1 aliphatic rings. The summed E-state index contributed by atoms with van der Waals surface area (Å²) in [5, 5.41) is 2.78. The summed E-state index contributed by atoms with van der Waals surface area (Å²) < 4.78 is 5.32. The topological polar surface area (TPSA) is 123 Å². The van der Waals surface area contributed by atoms with E-state index in [1.807, 2.05) is 6.92 Å². The van der Waals surface area contributed by atoms with Gasteiger partial charge in [-0.3, -0.25) is 9.59 Å². The Balaban J connectivity index is 1.81. The summed E-state index contributed by atoms with van der Waals surface area (Å²) in [6.45, 7) is 4.84. The van der Waals surface area contributed by atoms with E-state index in [1.165, 1.54) is 13.3 Å². The van der Waals surface area contributed by atoms with Gasteiger partial charge >= 0.3 is 0 Å². The Kier molecular flexibility index (Phi) is 4.70. The molecular formula is C17H20N6O3. The van der Waals surface area contributed by atoms with Crippen molar-refractivity contribution in [3.63, 3.8) is 0 Å². The number of amides is 2. The van der Waals surface area contributed by atoms with Crippen LogP contribution in [-0.4, -0.2) is 45.3 Å². The zero-order valence-electron chi connectivity index (χ0n) is 14.9. The fourth-order valence-corrected chi connectivity index (χ4v) is 2.84. The van der Waals surface area contributed by atoms with Crippen molar-refractivity contribution < 1.29 is 14.3 Å². The number of nitrogens with one attached hydrogen (secondary N) is 1. The third-order valence-electron chi connectivity index (χ3n) is 4.26. The molecule has 0 aromatic carbocycles. The maximum atomic E-state index is 12.4. The minimum absolute atomic E-state index is 0.0620. The number of fused-ring (bicyclic) bond motifs is 1. The van der Waals surface area contributed by atoms with E-state index < -0.39 is 0 Å². The highest BCUT2D eigenvalue weighted by Crippen LogP contribution is 2.27. The first-order valence-electron chi connectivity index (χ1n) is 8.18. The summed E-state index contributed by atoms with van der Waals surface area (Å²) in [5.41, 5.74) is 8.18. The number of hydrogen-bond donors (Lipinski definition) is 2. The average Bonchev–Trinajstić information content (AvgIpc) is 2.94. The lowest BCUT2D eigenvalue weighted by atomic mass is 10.1. The fraction of sp³-hybridized carbons (Fsp3) is 0.353. The third-order valence-corrected chi connectivity index (χ3v) is 4.26. The first kappa shape index (κ1) is 17.6. The number of carbonyl (C=O) groups excluding carboxylic acids is 2. The van der Waals surface area contributed by atoms with Crippen molar-refractivity contribution in [3.8, 4) is 5.88 Å². The van der Waals surface area contributed by atoms with Crippen molar-refractivity contribution in [2.24, 2.45) is 0 Å². The summed E-state index contributed by atoms with van der Waals surface area (Å²) in [6.07, 6.45) is 1.38. The van der Waals surface area contributed by atoms with Crippen molar-refractivity contribution in [2.75, 3.05) is 19.4 Å². The molecule has 0 atom stereocenters. The number of pyridine rings is 1. The molecule has 2 amide bonds. The van der Waals surface area contributed by atoms with Gasteiger partial charge in [0.05, 0.1) is 36.2 Å². The molecule has 0 saturated heterocycles. The van der Waals surface area contributed by atoms with Gasteiger partial charge in [-0.05, 0) is 19.9 Å². The van der Waals surface area contributed by atoms with Gasteiger partial charge in [0.15, 0.2) is 0 Å². The van der Waals surface area contributed by atoms with Crippen LogP contribution in [0.1, 0.15) is 44.6 Å². The number of nitrogen functional groups attached to an aromatic ring is 1. The van der Waals surface area contributed by atoms with Crippen molar-refractivity contribution in [3.05, 3.63) is 40.3 Å². The molecule has 0 fully saturated rings. The summed E-state index contributed by atoms with van der Waals surface area (Å²) >= 11 is 0. The molecule has 3 rings (SSSR count). The van der Waals surface area contributed by atoms with Crippen molar-refractivity contribution >= 4 is 17.8 Å². The van der Waals surface area contributed by atoms with E-state index in [2.05, 4.69) is 20.3 Å². The van der Waals surface area contributed by atoms with Crippen molar-refractivity contribution in [2.45, 2.75) is 26.9 Å². The van der Waals surface area contributed by atoms with E-state index >= 15 is 0 Å². The number of nitrogens with two attached hydrogens (primary N) is 1. The molecule has 0 spiro atoms. The molecule has 9 heteroatoms. The maximum Gasteiger partial charge on any atom is 0.256 e. The second-order valence-electron chi connectivity index (χ2n) is 5.88. The minimum atomic E-state index is -0.341. The Morgan fingerprint density at radius 2 is 2.19 bits per heavy atom. The number of rotatable bonds is 5. The predicted molar refractivity (Wildman–Crippen MR) is 93.6 cm³/mol. The normalized spacial score (nSPS) is 12.9. The highest BCUT2D eigenvalue weighted by Gasteiger charge is 2.29. The average molecular weight is 356 g/mol. The number of ether oxygens (including phenoxy) is 1. The SMILES string of the molecule is CCN1Cc2nc(OC)c(CNC(=O)c3cnc(N)nc3C)cc2C1=O. The van der Waals surface area contributed by atoms with Crippen LogP contribution in [-0.2, 0) is 13.1 Å². The zero-order valence-corrected chi connectivity index (χ0v) is 14.9. The molecule has 0 bridgehead atoms. The van der Waals surface area contributed by atoms with E-state index in [1.54, 1.807) is 17.9 Å². The van der Waals surface area contributed by atoms with E-state index in [0.29, 0.717) is 47.0 Å². The highest BCUT2D eigenvalue weighted by molar-refractivity contribution is 5.98. The molecule has 3 N–H and O–H groups in total. The smallest absolute Gasteiger partial charge is 0.256 e. The van der Waals surface area contributed by atoms with Gasteiger partial charge in [0.2, 0.25) is 11.8 Å². The van der Waals surface area contributed by atoms with Crippen LogP contribution >= 0.6 is 0 Å². The first-order chi connectivity index (χ1) is 12.4. The number of anilines is 1. The van der Waals surface area contributed by atoms with Crippen molar-refractivity contribution in [1.82, 2.24) is 25.2 Å². The van der Waals surface area contributed by atoms with Crippen LogP contribution in [0.3, 0.4) is 0 Å². The molecule has 2 aromatic heterocycles. The standard InChI is InChI=1S/C17H20N6O3/c1-4-23-8-13-11(16(23)25)5-10(15(22-13)26-3)6-19-14(24)12-7-20-17(18)21-9(12)2/h5,7H,4,6,8H2,1-3H3,(H,19,24)(H2,18,20,21). The minimum Gasteiger partial charge on any atom is -0.481 e. The van der Waals surface area contributed by atoms with Crippen molar-refractivity contribution in [1.29, 1.82) is 0 Å². The van der Waals surface area contributed by atoms with Crippen LogP contribution < -0.4 is 15.8 Å². The van der Waals surface area contributed by atoms with Gasteiger partial charge in [-0.1, -0.05) is 0 Å². The number of carbonyl (C=O) groups is 2. The van der Waals surface area contributed by atoms with Crippen LogP contribution in [0.25, 0.3) is 0 Å². The fourth-order valence-electron chi connectivity index (χ4n) is 2.84. The predicted octanol–water partition coefficient (Wildman–Crippen LogP) is 0.677. The van der Waals surface area contributed by atoms with E-state index in [4.69, 9.17) is 10.5 Å². The second kappa shape index (κ2) is 6.95. The number of hydrogen-bond acceptors (Lipinski definition) is 7. The Bertz CT molecular complexity index is 883. The molecule has 3 heterocycles. The Morgan fingerprint density at radius 3 is 2.85 bits per heavy atom. The molecule has 136 valence electrons. The summed E-state index contributed by atoms with van der Waals surface area (Å²) in [6, 6.07) is 1.73. The molecule has 0 unspecified atom stereocenters. The number of aryl methyl sites for hydroxylation is 1. The van der Waals surface area contributed by atoms with Crippen LogP contribution in [0.15, 0.2) is 12.3 Å². The summed E-state index contributed by atoms with van der Waals surface area (Å²) in [7, 11) is 1.51. The van der Waals surface area contributed by atoms with Crippen LogP contribution in [0.4, 0.5) is 5.95 Å².